The molecule has 2 atom stereocenters. The first-order valence-corrected chi connectivity index (χ1v) is 8.97. The molecular weight excluding hydrogens is 247 g/mol. The molecule has 0 amide bonds. The lowest BCUT2D eigenvalue weighted by Gasteiger charge is -2.19. The minimum atomic E-state index is -3.37. The van der Waals surface area contributed by atoms with Crippen LogP contribution in [0.1, 0.15) is 60.3 Å². The van der Waals surface area contributed by atoms with Crippen LogP contribution in [-0.4, -0.2) is 17.7 Å². The number of unbranched alkanes of at least 4 members (excludes halogenated alkanes) is 2. The van der Waals surface area contributed by atoms with Gasteiger partial charge in [0.15, 0.2) is 0 Å². The minimum Gasteiger partial charge on any atom is -0.324 e. The lowest BCUT2D eigenvalue weighted by molar-refractivity contribution is 0.244. The zero-order valence-electron chi connectivity index (χ0n) is 12.7. The van der Waals surface area contributed by atoms with E-state index in [1.165, 1.54) is 12.8 Å². The van der Waals surface area contributed by atoms with Gasteiger partial charge in [0.05, 0.1) is 12.8 Å². The zero-order chi connectivity index (χ0) is 14.2. The van der Waals surface area contributed by atoms with Crippen LogP contribution in [-0.2, 0) is 9.09 Å². The average Bonchev–Trinajstić information content (AvgIpc) is 2.21. The van der Waals surface area contributed by atoms with E-state index < -0.39 is 7.60 Å². The molecule has 1 N–H and O–H groups in total. The highest BCUT2D eigenvalue weighted by molar-refractivity contribution is 7.52. The Balaban J connectivity index is 3.68. The van der Waals surface area contributed by atoms with Crippen LogP contribution in [0.4, 0.5) is 0 Å². The molecule has 0 aromatic heterocycles. The summed E-state index contributed by atoms with van der Waals surface area (Å²) in [6, 6.07) is 0. The van der Waals surface area contributed by atoms with Gasteiger partial charge in [0.2, 0.25) is 0 Å². The molecule has 0 saturated carbocycles. The summed E-state index contributed by atoms with van der Waals surface area (Å²) < 4.78 is 17.0. The first kappa shape index (κ1) is 18.1. The highest BCUT2D eigenvalue weighted by Crippen LogP contribution is 2.45. The molecule has 3 nitrogen and oxygen atoms in total. The van der Waals surface area contributed by atoms with Gasteiger partial charge in [-0.3, -0.25) is 4.57 Å². The van der Waals surface area contributed by atoms with Crippen molar-refractivity contribution in [2.24, 2.45) is 17.8 Å². The van der Waals surface area contributed by atoms with Crippen LogP contribution in [0, 0.1) is 17.8 Å². The predicted molar refractivity (Wildman–Crippen MR) is 78.0 cm³/mol. The van der Waals surface area contributed by atoms with Gasteiger partial charge in [-0.1, -0.05) is 53.9 Å². The number of rotatable bonds is 10. The molecule has 0 aliphatic carbocycles. The van der Waals surface area contributed by atoms with E-state index in [1.54, 1.807) is 0 Å². The van der Waals surface area contributed by atoms with Gasteiger partial charge in [0.25, 0.3) is 0 Å². The fraction of sp³-hybridized carbons (Fsp3) is 1.00. The molecule has 4 heteroatoms. The maximum absolute atomic E-state index is 11.8. The third-order valence-electron chi connectivity index (χ3n) is 3.38. The Morgan fingerprint density at radius 3 is 2.17 bits per heavy atom. The first-order chi connectivity index (χ1) is 8.24. The molecule has 0 fully saturated rings. The van der Waals surface area contributed by atoms with Crippen molar-refractivity contribution in [2.75, 3.05) is 12.8 Å². The average molecular weight is 278 g/mol. The summed E-state index contributed by atoms with van der Waals surface area (Å²) in [4.78, 5) is 9.71. The summed E-state index contributed by atoms with van der Waals surface area (Å²) in [6.07, 6.45) is 4.64. The van der Waals surface area contributed by atoms with E-state index in [-0.39, 0.29) is 12.1 Å². The van der Waals surface area contributed by atoms with Gasteiger partial charge >= 0.3 is 7.60 Å². The lowest BCUT2D eigenvalue weighted by Crippen LogP contribution is -2.11. The van der Waals surface area contributed by atoms with Crippen LogP contribution in [0.3, 0.4) is 0 Å². The van der Waals surface area contributed by atoms with Crippen LogP contribution < -0.4 is 0 Å². The second-order valence-corrected chi connectivity index (χ2v) is 8.02. The molecule has 0 aliphatic heterocycles. The van der Waals surface area contributed by atoms with Gasteiger partial charge in [-0.15, -0.1) is 0 Å². The molecule has 0 radical (unpaired) electrons. The molecule has 2 unspecified atom stereocenters. The largest absolute Gasteiger partial charge is 0.328 e. The van der Waals surface area contributed by atoms with Crippen molar-refractivity contribution in [2.45, 2.75) is 60.3 Å². The fourth-order valence-electron chi connectivity index (χ4n) is 1.67. The summed E-state index contributed by atoms with van der Waals surface area (Å²) in [5.74, 6) is 1.38. The minimum absolute atomic E-state index is 0.224. The van der Waals surface area contributed by atoms with Crippen molar-refractivity contribution in [3.8, 4) is 0 Å². The van der Waals surface area contributed by atoms with Crippen molar-refractivity contribution in [3.63, 3.8) is 0 Å². The highest BCUT2D eigenvalue weighted by Gasteiger charge is 2.24. The third-order valence-corrected chi connectivity index (χ3v) is 5.00. The smallest absolute Gasteiger partial charge is 0.324 e. The molecule has 110 valence electrons. The Hall–Kier alpha value is 0.150. The van der Waals surface area contributed by atoms with Crippen molar-refractivity contribution in [3.05, 3.63) is 0 Å². The van der Waals surface area contributed by atoms with Crippen LogP contribution >= 0.6 is 7.60 Å². The molecule has 0 aliphatic rings. The third kappa shape index (κ3) is 10.1. The van der Waals surface area contributed by atoms with E-state index in [2.05, 4.69) is 27.7 Å². The van der Waals surface area contributed by atoms with Gasteiger partial charge in [0, 0.05) is 0 Å². The van der Waals surface area contributed by atoms with Gasteiger partial charge < -0.3 is 9.42 Å². The topological polar surface area (TPSA) is 46.5 Å². The maximum atomic E-state index is 11.8. The van der Waals surface area contributed by atoms with Gasteiger partial charge in [-0.2, -0.15) is 0 Å². The van der Waals surface area contributed by atoms with E-state index in [9.17, 15) is 9.46 Å². The summed E-state index contributed by atoms with van der Waals surface area (Å²) >= 11 is 0. The Bertz CT molecular complexity index is 251. The van der Waals surface area contributed by atoms with E-state index in [0.29, 0.717) is 12.5 Å². The van der Waals surface area contributed by atoms with Crippen LogP contribution in [0.2, 0.25) is 0 Å². The molecule has 0 aromatic rings. The summed E-state index contributed by atoms with van der Waals surface area (Å²) in [6.45, 7) is 11.0. The molecule has 18 heavy (non-hydrogen) atoms. The Kier molecular flexibility index (Phi) is 9.19. The monoisotopic (exact) mass is 278 g/mol. The molecule has 0 spiro atoms. The zero-order valence-corrected chi connectivity index (χ0v) is 13.6. The van der Waals surface area contributed by atoms with Gasteiger partial charge in [0.1, 0.15) is 0 Å². The van der Waals surface area contributed by atoms with E-state index in [0.717, 1.165) is 18.8 Å². The molecular formula is C14H31O3P. The van der Waals surface area contributed by atoms with E-state index in [1.807, 2.05) is 6.92 Å². The van der Waals surface area contributed by atoms with Crippen molar-refractivity contribution in [1.29, 1.82) is 0 Å². The van der Waals surface area contributed by atoms with Gasteiger partial charge in [-0.25, -0.2) is 0 Å². The Morgan fingerprint density at radius 2 is 1.67 bits per heavy atom. The SMILES string of the molecule is CC(C)CCCCCOP(=O)(O)CC(C)C(C)C. The fourth-order valence-corrected chi connectivity index (χ4v) is 3.34. The maximum Gasteiger partial charge on any atom is 0.328 e. The van der Waals surface area contributed by atoms with Crippen LogP contribution in [0.15, 0.2) is 0 Å². The van der Waals surface area contributed by atoms with Crippen molar-refractivity contribution >= 4 is 7.60 Å². The van der Waals surface area contributed by atoms with Gasteiger partial charge in [-0.05, 0) is 24.2 Å². The molecule has 0 rings (SSSR count). The number of hydrogen-bond donors (Lipinski definition) is 1. The quantitative estimate of drug-likeness (QED) is 0.465. The summed E-state index contributed by atoms with van der Waals surface area (Å²) in [5, 5.41) is 0. The highest BCUT2D eigenvalue weighted by atomic mass is 31.2. The Morgan fingerprint density at radius 1 is 1.06 bits per heavy atom. The second kappa shape index (κ2) is 9.12. The molecule has 0 aromatic carbocycles. The standard InChI is InChI=1S/C14H31O3P/c1-12(2)9-7-6-8-10-17-18(15,16)11-14(5)13(3)4/h12-14H,6-11H2,1-5H3,(H,15,16). The van der Waals surface area contributed by atoms with Crippen molar-refractivity contribution < 1.29 is 14.0 Å². The summed E-state index contributed by atoms with van der Waals surface area (Å²) in [7, 11) is -3.37. The lowest BCUT2D eigenvalue weighted by atomic mass is 10.0. The van der Waals surface area contributed by atoms with Crippen molar-refractivity contribution in [1.82, 2.24) is 0 Å². The first-order valence-electron chi connectivity index (χ1n) is 7.21. The van der Waals surface area contributed by atoms with E-state index >= 15 is 0 Å². The Labute approximate surface area is 113 Å². The van der Waals surface area contributed by atoms with Crippen LogP contribution in [0.25, 0.3) is 0 Å². The predicted octanol–water partition coefficient (Wildman–Crippen LogP) is 4.70. The number of hydrogen-bond acceptors (Lipinski definition) is 2. The molecule has 0 bridgehead atoms. The molecule has 0 heterocycles. The summed E-state index contributed by atoms with van der Waals surface area (Å²) in [5.41, 5.74) is 0. The second-order valence-electron chi connectivity index (χ2n) is 6.12. The normalized spacial score (nSPS) is 17.1. The molecule has 0 saturated heterocycles. The van der Waals surface area contributed by atoms with Crippen LogP contribution in [0.5, 0.6) is 0 Å². The van der Waals surface area contributed by atoms with E-state index in [4.69, 9.17) is 4.52 Å².